The first kappa shape index (κ1) is 36.4. The van der Waals surface area contributed by atoms with E-state index in [4.69, 9.17) is 5.73 Å². The van der Waals surface area contributed by atoms with Gasteiger partial charge >= 0.3 is 0 Å². The molecule has 0 unspecified atom stereocenters. The van der Waals surface area contributed by atoms with Crippen LogP contribution in [0.3, 0.4) is 0 Å². The van der Waals surface area contributed by atoms with Gasteiger partial charge < -0.3 is 31.1 Å². The van der Waals surface area contributed by atoms with Gasteiger partial charge in [-0.3, -0.25) is 14.4 Å². The van der Waals surface area contributed by atoms with E-state index in [1.807, 2.05) is 51.1 Å². The van der Waals surface area contributed by atoms with Crippen LogP contribution in [-0.4, -0.2) is 81.6 Å². The molecule has 3 rings (SSSR count). The second kappa shape index (κ2) is 17.6. The standard InChI is InChI=1S/C34H53N5O5S/c1-22(2)16-29(40)32(43)28(17-24-12-8-6-9-13-24)37-33(44)26(18-27-21-45-34(35)36-27)19-30(41)39(20-31(42)38(4)5)23(3)25-14-10-7-11-15-25/h7,10-11,14-15,21-24,26,28-29,32,40,43H,6,8-9,12-13,16-20H2,1-5H3,(H2,35,36)(H,37,44)/t23-,26-,28-,29-,32+/m0/s1. The molecule has 3 amide bonds. The monoisotopic (exact) mass is 643 g/mol. The minimum atomic E-state index is -1.14. The number of nitrogens with one attached hydrogen (secondary N) is 1. The van der Waals surface area contributed by atoms with Crippen LogP contribution in [-0.2, 0) is 20.8 Å². The van der Waals surface area contributed by atoms with Crippen molar-refractivity contribution >= 4 is 34.2 Å². The molecule has 1 heterocycles. The molecule has 0 saturated heterocycles. The summed E-state index contributed by atoms with van der Waals surface area (Å²) >= 11 is 1.27. The van der Waals surface area contributed by atoms with Crippen molar-refractivity contribution in [1.82, 2.24) is 20.1 Å². The normalized spacial score (nSPS) is 17.2. The van der Waals surface area contributed by atoms with Crippen LogP contribution in [0, 0.1) is 17.8 Å². The molecule has 0 spiro atoms. The number of nitrogens with two attached hydrogens (primary N) is 1. The lowest BCUT2D eigenvalue weighted by Gasteiger charge is -2.34. The van der Waals surface area contributed by atoms with Gasteiger partial charge in [-0.05, 0) is 37.2 Å². The molecule has 11 heteroatoms. The Morgan fingerprint density at radius 1 is 1.04 bits per heavy atom. The SMILES string of the molecule is CC(C)C[C@H](O)[C@H](O)[C@H](CC1CCCCC1)NC(=O)[C@H](CC(=O)N(CC(=O)N(C)C)[C@@H](C)c1ccccc1)Cc1csc(N)n1. The van der Waals surface area contributed by atoms with Crippen molar-refractivity contribution in [3.05, 3.63) is 47.0 Å². The molecule has 1 saturated carbocycles. The molecule has 1 fully saturated rings. The predicted molar refractivity (Wildman–Crippen MR) is 178 cm³/mol. The number of aromatic nitrogens is 1. The molecule has 1 aromatic heterocycles. The molecule has 0 aliphatic heterocycles. The summed E-state index contributed by atoms with van der Waals surface area (Å²) in [5.74, 6) is -1.28. The van der Waals surface area contributed by atoms with Gasteiger partial charge in [-0.2, -0.15) is 0 Å². The number of benzene rings is 1. The third-order valence-corrected chi connectivity index (χ3v) is 9.57. The number of hydrogen-bond donors (Lipinski definition) is 4. The third-order valence-electron chi connectivity index (χ3n) is 8.85. The molecule has 5 N–H and O–H groups in total. The highest BCUT2D eigenvalue weighted by atomic mass is 32.1. The van der Waals surface area contributed by atoms with Crippen molar-refractivity contribution < 1.29 is 24.6 Å². The maximum absolute atomic E-state index is 14.1. The number of likely N-dealkylation sites (N-methyl/N-ethyl adjacent to an activating group) is 1. The van der Waals surface area contributed by atoms with E-state index in [0.29, 0.717) is 29.6 Å². The Kier molecular flexibility index (Phi) is 14.3. The fraction of sp³-hybridized carbons (Fsp3) is 0.647. The number of aliphatic hydroxyl groups excluding tert-OH is 2. The Balaban J connectivity index is 1.89. The van der Waals surface area contributed by atoms with E-state index >= 15 is 0 Å². The number of nitrogens with zero attached hydrogens (tertiary/aromatic N) is 3. The number of aliphatic hydroxyl groups is 2. The van der Waals surface area contributed by atoms with Crippen molar-refractivity contribution in [3.63, 3.8) is 0 Å². The number of hydrogen-bond acceptors (Lipinski definition) is 8. The van der Waals surface area contributed by atoms with Crippen molar-refractivity contribution in [2.24, 2.45) is 17.8 Å². The van der Waals surface area contributed by atoms with E-state index < -0.39 is 36.1 Å². The maximum Gasteiger partial charge on any atom is 0.241 e. The van der Waals surface area contributed by atoms with Crippen LogP contribution >= 0.6 is 11.3 Å². The molecule has 1 aliphatic rings. The number of anilines is 1. The Hall–Kier alpha value is -3.02. The van der Waals surface area contributed by atoms with Gasteiger partial charge in [0, 0.05) is 32.3 Å². The summed E-state index contributed by atoms with van der Waals surface area (Å²) in [6.07, 6.45) is 4.28. The molecule has 45 heavy (non-hydrogen) atoms. The highest BCUT2D eigenvalue weighted by Crippen LogP contribution is 2.30. The van der Waals surface area contributed by atoms with Crippen molar-refractivity contribution in [3.8, 4) is 0 Å². The van der Waals surface area contributed by atoms with E-state index in [9.17, 15) is 24.6 Å². The van der Waals surface area contributed by atoms with Crippen LogP contribution in [0.4, 0.5) is 5.13 Å². The average molecular weight is 644 g/mol. The van der Waals surface area contributed by atoms with Crippen molar-refractivity contribution in [2.45, 2.75) is 103 Å². The lowest BCUT2D eigenvalue weighted by atomic mass is 9.82. The first-order chi connectivity index (χ1) is 21.3. The van der Waals surface area contributed by atoms with Crippen LogP contribution in [0.25, 0.3) is 0 Å². The van der Waals surface area contributed by atoms with Crippen LogP contribution in [0.1, 0.15) is 89.4 Å². The fourth-order valence-electron chi connectivity index (χ4n) is 6.15. The lowest BCUT2D eigenvalue weighted by Crippen LogP contribution is -2.52. The highest BCUT2D eigenvalue weighted by Gasteiger charge is 2.35. The highest BCUT2D eigenvalue weighted by molar-refractivity contribution is 7.13. The number of thiazole rings is 1. The number of carbonyl (C=O) groups is 3. The van der Waals surface area contributed by atoms with Gasteiger partial charge in [0.25, 0.3) is 0 Å². The van der Waals surface area contributed by atoms with Crippen LogP contribution in [0.2, 0.25) is 0 Å². The Morgan fingerprint density at radius 2 is 1.71 bits per heavy atom. The summed E-state index contributed by atoms with van der Waals surface area (Å²) in [7, 11) is 3.29. The minimum absolute atomic E-state index is 0.135. The Bertz CT molecular complexity index is 1220. The zero-order chi connectivity index (χ0) is 33.1. The summed E-state index contributed by atoms with van der Waals surface area (Å²) in [5, 5.41) is 27.4. The molecular weight excluding hydrogens is 590 g/mol. The number of nitrogen functional groups attached to an aromatic ring is 1. The predicted octanol–water partition coefficient (Wildman–Crippen LogP) is 4.18. The number of rotatable bonds is 16. The molecule has 5 atom stereocenters. The van der Waals surface area contributed by atoms with Gasteiger partial charge in [-0.1, -0.05) is 76.3 Å². The second-order valence-electron chi connectivity index (χ2n) is 13.2. The lowest BCUT2D eigenvalue weighted by molar-refractivity contribution is -0.143. The van der Waals surface area contributed by atoms with Gasteiger partial charge in [0.1, 0.15) is 12.6 Å². The summed E-state index contributed by atoms with van der Waals surface area (Å²) < 4.78 is 0. The summed E-state index contributed by atoms with van der Waals surface area (Å²) in [6, 6.07) is 8.41. The maximum atomic E-state index is 14.1. The fourth-order valence-corrected chi connectivity index (χ4v) is 6.73. The van der Waals surface area contributed by atoms with E-state index in [1.165, 1.54) is 27.6 Å². The summed E-state index contributed by atoms with van der Waals surface area (Å²) in [4.78, 5) is 48.3. The zero-order valence-corrected chi connectivity index (χ0v) is 28.3. The molecule has 0 bridgehead atoms. The number of carbonyl (C=O) groups excluding carboxylic acids is 3. The van der Waals surface area contributed by atoms with Gasteiger partial charge in [0.05, 0.1) is 29.8 Å². The molecule has 250 valence electrons. The van der Waals surface area contributed by atoms with Gasteiger partial charge in [0.2, 0.25) is 17.7 Å². The van der Waals surface area contributed by atoms with Crippen molar-refractivity contribution in [1.29, 1.82) is 0 Å². The van der Waals surface area contributed by atoms with E-state index in [2.05, 4.69) is 10.3 Å². The van der Waals surface area contributed by atoms with Crippen LogP contribution < -0.4 is 11.1 Å². The number of amides is 3. The quantitative estimate of drug-likeness (QED) is 0.215. The smallest absolute Gasteiger partial charge is 0.241 e. The second-order valence-corrected chi connectivity index (χ2v) is 14.1. The third kappa shape index (κ3) is 11.4. The van der Waals surface area contributed by atoms with E-state index in [1.54, 1.807) is 19.5 Å². The molecule has 1 aromatic carbocycles. The van der Waals surface area contributed by atoms with Crippen LogP contribution in [0.15, 0.2) is 35.7 Å². The largest absolute Gasteiger partial charge is 0.390 e. The van der Waals surface area contributed by atoms with Crippen LogP contribution in [0.5, 0.6) is 0 Å². The van der Waals surface area contributed by atoms with E-state index in [-0.39, 0.29) is 37.1 Å². The first-order valence-electron chi connectivity index (χ1n) is 16.3. The van der Waals surface area contributed by atoms with Gasteiger partial charge in [-0.25, -0.2) is 4.98 Å². The minimum Gasteiger partial charge on any atom is -0.390 e. The molecule has 1 aliphatic carbocycles. The van der Waals surface area contributed by atoms with E-state index in [0.717, 1.165) is 31.2 Å². The van der Waals surface area contributed by atoms with Gasteiger partial charge in [0.15, 0.2) is 5.13 Å². The first-order valence-corrected chi connectivity index (χ1v) is 17.1. The topological polar surface area (TPSA) is 149 Å². The average Bonchev–Trinajstić information content (AvgIpc) is 3.42. The van der Waals surface area contributed by atoms with Gasteiger partial charge in [-0.15, -0.1) is 11.3 Å². The molecule has 2 aromatic rings. The molecule has 0 radical (unpaired) electrons. The Morgan fingerprint density at radius 3 is 2.29 bits per heavy atom. The molecule has 10 nitrogen and oxygen atoms in total. The van der Waals surface area contributed by atoms with Crippen molar-refractivity contribution in [2.75, 3.05) is 26.4 Å². The summed E-state index contributed by atoms with van der Waals surface area (Å²) in [6.45, 7) is 5.70. The summed E-state index contributed by atoms with van der Waals surface area (Å²) in [5.41, 5.74) is 7.37. The Labute approximate surface area is 272 Å². The molecular formula is C34H53N5O5S. The zero-order valence-electron chi connectivity index (χ0n) is 27.5.